The zero-order valence-electron chi connectivity index (χ0n) is 11.9. The van der Waals surface area contributed by atoms with Gasteiger partial charge in [-0.3, -0.25) is 0 Å². The molecule has 1 aromatic heterocycles. The first-order valence-corrected chi connectivity index (χ1v) is 6.64. The fraction of sp³-hybridized carbons (Fsp3) is 0.429. The molecular weight excluding hydrogens is 281 g/mol. The highest BCUT2D eigenvalue weighted by atomic mass is 19.4. The lowest BCUT2D eigenvalue weighted by molar-refractivity contribution is -0.137. The molecule has 0 fully saturated rings. The van der Waals surface area contributed by atoms with Gasteiger partial charge in [-0.05, 0) is 18.1 Å². The van der Waals surface area contributed by atoms with Crippen LogP contribution < -0.4 is 5.32 Å². The minimum absolute atomic E-state index is 0.0455. The first-order chi connectivity index (χ1) is 9.88. The third-order valence-electron chi connectivity index (χ3n) is 2.90. The second-order valence-electron chi connectivity index (χ2n) is 5.15. The summed E-state index contributed by atoms with van der Waals surface area (Å²) in [5, 5.41) is 6.88. The van der Waals surface area contributed by atoms with Crippen LogP contribution in [0.25, 0.3) is 0 Å². The number of para-hydroxylation sites is 1. The normalized spacial score (nSPS) is 11.9. The number of hydrogen-bond donors (Lipinski definition) is 1. The predicted molar refractivity (Wildman–Crippen MR) is 73.6 cm³/mol. The van der Waals surface area contributed by atoms with Crippen LogP contribution in [-0.4, -0.2) is 14.8 Å². The van der Waals surface area contributed by atoms with Crippen LogP contribution in [0.1, 0.15) is 25.2 Å². The minimum atomic E-state index is -4.38. The van der Waals surface area contributed by atoms with Gasteiger partial charge in [-0.15, -0.1) is 0 Å². The minimum Gasteiger partial charge on any atom is -0.377 e. The van der Waals surface area contributed by atoms with E-state index in [1.165, 1.54) is 18.5 Å². The van der Waals surface area contributed by atoms with Crippen molar-refractivity contribution >= 4 is 5.69 Å². The highest BCUT2D eigenvalue weighted by Crippen LogP contribution is 2.34. The van der Waals surface area contributed by atoms with Crippen molar-refractivity contribution in [2.24, 2.45) is 5.92 Å². The Bertz CT molecular complexity index is 590. The Labute approximate surface area is 121 Å². The predicted octanol–water partition coefficient (Wildman–Crippen LogP) is 3.57. The molecule has 1 N–H and O–H groups in total. The molecule has 0 saturated heterocycles. The molecule has 0 radical (unpaired) electrons. The van der Waals surface area contributed by atoms with E-state index in [0.717, 1.165) is 6.07 Å². The number of benzene rings is 1. The maximum atomic E-state index is 12.9. The number of rotatable bonds is 5. The Morgan fingerprint density at radius 2 is 1.95 bits per heavy atom. The summed E-state index contributed by atoms with van der Waals surface area (Å²) in [4.78, 5) is 4.08. The Morgan fingerprint density at radius 1 is 1.24 bits per heavy atom. The molecule has 0 bridgehead atoms. The van der Waals surface area contributed by atoms with Crippen molar-refractivity contribution in [1.29, 1.82) is 0 Å². The number of nitrogens with zero attached hydrogens (tertiary/aromatic N) is 3. The second-order valence-corrected chi connectivity index (χ2v) is 5.15. The van der Waals surface area contributed by atoms with Crippen molar-refractivity contribution in [2.75, 3.05) is 5.32 Å². The number of alkyl halides is 3. The molecule has 1 heterocycles. The van der Waals surface area contributed by atoms with E-state index in [-0.39, 0.29) is 12.2 Å². The molecule has 0 unspecified atom stereocenters. The Hall–Kier alpha value is -2.05. The lowest BCUT2D eigenvalue weighted by atomic mass is 10.1. The molecule has 0 saturated carbocycles. The van der Waals surface area contributed by atoms with E-state index in [1.807, 2.05) is 13.8 Å². The van der Waals surface area contributed by atoms with Gasteiger partial charge in [-0.2, -0.15) is 18.3 Å². The monoisotopic (exact) mass is 298 g/mol. The first-order valence-electron chi connectivity index (χ1n) is 6.64. The van der Waals surface area contributed by atoms with Crippen LogP contribution in [0.3, 0.4) is 0 Å². The van der Waals surface area contributed by atoms with Gasteiger partial charge in [0.2, 0.25) is 0 Å². The van der Waals surface area contributed by atoms with Crippen molar-refractivity contribution in [3.8, 4) is 0 Å². The molecule has 0 aliphatic rings. The topological polar surface area (TPSA) is 42.7 Å². The van der Waals surface area contributed by atoms with E-state index in [0.29, 0.717) is 18.3 Å². The van der Waals surface area contributed by atoms with Crippen molar-refractivity contribution in [2.45, 2.75) is 33.1 Å². The number of halogens is 3. The van der Waals surface area contributed by atoms with Crippen molar-refractivity contribution in [1.82, 2.24) is 14.8 Å². The highest BCUT2D eigenvalue weighted by Gasteiger charge is 2.33. The number of hydrogen-bond acceptors (Lipinski definition) is 3. The van der Waals surface area contributed by atoms with Gasteiger partial charge in [-0.25, -0.2) is 9.67 Å². The lowest BCUT2D eigenvalue weighted by Crippen LogP contribution is -2.15. The van der Waals surface area contributed by atoms with E-state index in [9.17, 15) is 13.2 Å². The Kier molecular flexibility index (Phi) is 4.50. The van der Waals surface area contributed by atoms with Crippen LogP contribution in [0.2, 0.25) is 0 Å². The van der Waals surface area contributed by atoms with E-state index >= 15 is 0 Å². The summed E-state index contributed by atoms with van der Waals surface area (Å²) in [6.07, 6.45) is -2.97. The summed E-state index contributed by atoms with van der Waals surface area (Å²) >= 11 is 0. The zero-order valence-corrected chi connectivity index (χ0v) is 11.9. The summed E-state index contributed by atoms with van der Waals surface area (Å²) < 4.78 is 40.4. The van der Waals surface area contributed by atoms with Crippen LogP contribution in [0.4, 0.5) is 18.9 Å². The molecule has 7 heteroatoms. The molecule has 0 aliphatic carbocycles. The van der Waals surface area contributed by atoms with Gasteiger partial charge < -0.3 is 5.32 Å². The molecule has 4 nitrogen and oxygen atoms in total. The maximum Gasteiger partial charge on any atom is 0.418 e. The van der Waals surface area contributed by atoms with Crippen molar-refractivity contribution in [3.05, 3.63) is 42.0 Å². The summed E-state index contributed by atoms with van der Waals surface area (Å²) in [7, 11) is 0. The summed E-state index contributed by atoms with van der Waals surface area (Å²) in [5.74, 6) is 0.994. The molecular formula is C14H17F3N4. The van der Waals surface area contributed by atoms with Crippen molar-refractivity contribution < 1.29 is 13.2 Å². The third kappa shape index (κ3) is 3.96. The standard InChI is InChI=1S/C14H17F3N4/c1-10(2)8-21-13(19-9-20-21)7-18-12-6-4-3-5-11(12)14(15,16)17/h3-6,9-10,18H,7-8H2,1-2H3. The van der Waals surface area contributed by atoms with Crippen LogP contribution in [0.15, 0.2) is 30.6 Å². The third-order valence-corrected chi connectivity index (χ3v) is 2.90. The van der Waals surface area contributed by atoms with Crippen LogP contribution in [-0.2, 0) is 19.3 Å². The van der Waals surface area contributed by atoms with E-state index < -0.39 is 11.7 Å². The maximum absolute atomic E-state index is 12.9. The van der Waals surface area contributed by atoms with Crippen LogP contribution in [0.5, 0.6) is 0 Å². The number of nitrogens with one attached hydrogen (secondary N) is 1. The SMILES string of the molecule is CC(C)Cn1ncnc1CNc1ccccc1C(F)(F)F. The smallest absolute Gasteiger partial charge is 0.377 e. The molecule has 21 heavy (non-hydrogen) atoms. The fourth-order valence-electron chi connectivity index (χ4n) is 1.98. The van der Waals surface area contributed by atoms with Gasteiger partial charge in [0.25, 0.3) is 0 Å². The highest BCUT2D eigenvalue weighted by molar-refractivity contribution is 5.52. The van der Waals surface area contributed by atoms with Crippen LogP contribution >= 0.6 is 0 Å². The lowest BCUT2D eigenvalue weighted by Gasteiger charge is -2.14. The zero-order chi connectivity index (χ0) is 15.5. The largest absolute Gasteiger partial charge is 0.418 e. The molecule has 2 rings (SSSR count). The van der Waals surface area contributed by atoms with Gasteiger partial charge in [0, 0.05) is 12.2 Å². The van der Waals surface area contributed by atoms with Crippen molar-refractivity contribution in [3.63, 3.8) is 0 Å². The van der Waals surface area contributed by atoms with Gasteiger partial charge in [0.1, 0.15) is 12.2 Å². The molecule has 1 aromatic carbocycles. The average molecular weight is 298 g/mol. The molecule has 0 aliphatic heterocycles. The fourth-order valence-corrected chi connectivity index (χ4v) is 1.98. The Morgan fingerprint density at radius 3 is 2.62 bits per heavy atom. The molecule has 0 amide bonds. The van der Waals surface area contributed by atoms with Gasteiger partial charge in [-0.1, -0.05) is 26.0 Å². The summed E-state index contributed by atoms with van der Waals surface area (Å²) in [6, 6.07) is 5.40. The van der Waals surface area contributed by atoms with Gasteiger partial charge in [0.15, 0.2) is 0 Å². The van der Waals surface area contributed by atoms with E-state index in [4.69, 9.17) is 0 Å². The van der Waals surface area contributed by atoms with Gasteiger partial charge >= 0.3 is 6.18 Å². The molecule has 2 aromatic rings. The second kappa shape index (κ2) is 6.15. The average Bonchev–Trinajstić information content (AvgIpc) is 2.82. The molecule has 0 spiro atoms. The quantitative estimate of drug-likeness (QED) is 0.917. The Balaban J connectivity index is 2.13. The first kappa shape index (κ1) is 15.3. The summed E-state index contributed by atoms with van der Waals surface area (Å²) in [5.41, 5.74) is -0.635. The number of aromatic nitrogens is 3. The van der Waals surface area contributed by atoms with E-state index in [2.05, 4.69) is 15.4 Å². The number of anilines is 1. The molecule has 0 atom stereocenters. The van der Waals surface area contributed by atoms with Gasteiger partial charge in [0.05, 0.1) is 12.1 Å². The summed E-state index contributed by atoms with van der Waals surface area (Å²) in [6.45, 7) is 4.95. The van der Waals surface area contributed by atoms with E-state index in [1.54, 1.807) is 10.7 Å². The van der Waals surface area contributed by atoms with Crippen LogP contribution in [0, 0.1) is 5.92 Å². The molecule has 114 valence electrons.